The van der Waals surface area contributed by atoms with Gasteiger partial charge in [-0.3, -0.25) is 4.79 Å². The van der Waals surface area contributed by atoms with Crippen LogP contribution in [0.3, 0.4) is 0 Å². The normalized spacial score (nSPS) is 17.9. The van der Waals surface area contributed by atoms with Crippen LogP contribution in [-0.2, 0) is 21.2 Å². The third-order valence-corrected chi connectivity index (χ3v) is 6.85. The molecule has 2 N–H and O–H groups in total. The number of hydrogen-bond acceptors (Lipinski definition) is 4. The number of benzene rings is 1. The van der Waals surface area contributed by atoms with Gasteiger partial charge in [-0.25, -0.2) is 8.42 Å². The molecule has 3 rings (SSSR count). The van der Waals surface area contributed by atoms with E-state index in [0.717, 1.165) is 37.9 Å². The quantitative estimate of drug-likeness (QED) is 0.669. The van der Waals surface area contributed by atoms with Gasteiger partial charge >= 0.3 is 0 Å². The second kappa shape index (κ2) is 10.2. The topological polar surface area (TPSA) is 78.5 Å². The molecule has 6 nitrogen and oxygen atoms in total. The number of nitrogens with one attached hydrogen (secondary N) is 2. The highest BCUT2D eigenvalue weighted by Gasteiger charge is 2.26. The molecule has 2 aliphatic rings. The molecule has 8 heteroatoms. The molecule has 0 radical (unpaired) electrons. The molecule has 1 amide bonds. The predicted octanol–water partition coefficient (Wildman–Crippen LogP) is 1.86. The monoisotopic (exact) mass is 413 g/mol. The van der Waals surface area contributed by atoms with Crippen molar-refractivity contribution in [2.75, 3.05) is 32.7 Å². The molecule has 0 saturated carbocycles. The van der Waals surface area contributed by atoms with E-state index in [-0.39, 0.29) is 18.3 Å². The molecular formula is C19H28ClN3O3S. The van der Waals surface area contributed by atoms with Gasteiger partial charge in [-0.1, -0.05) is 23.8 Å². The van der Waals surface area contributed by atoms with Gasteiger partial charge in [0.05, 0.1) is 4.90 Å². The van der Waals surface area contributed by atoms with Crippen molar-refractivity contribution in [3.05, 3.63) is 41.5 Å². The van der Waals surface area contributed by atoms with E-state index in [1.807, 2.05) is 12.1 Å². The van der Waals surface area contributed by atoms with Gasteiger partial charge in [0.25, 0.3) is 0 Å². The molecule has 27 heavy (non-hydrogen) atoms. The molecule has 0 aromatic heterocycles. The molecule has 1 aromatic carbocycles. The maximum absolute atomic E-state index is 12.5. The first-order valence-corrected chi connectivity index (χ1v) is 10.7. The number of carbonyl (C=O) groups is 1. The molecule has 0 spiro atoms. The van der Waals surface area contributed by atoms with E-state index in [4.69, 9.17) is 0 Å². The zero-order valence-corrected chi connectivity index (χ0v) is 17.1. The van der Waals surface area contributed by atoms with Crippen molar-refractivity contribution in [1.82, 2.24) is 14.9 Å². The van der Waals surface area contributed by atoms with Crippen LogP contribution in [0.15, 0.2) is 40.8 Å². The second-order valence-corrected chi connectivity index (χ2v) is 8.79. The molecule has 2 aliphatic heterocycles. The highest BCUT2D eigenvalue weighted by Crippen LogP contribution is 2.21. The van der Waals surface area contributed by atoms with Crippen molar-refractivity contribution in [3.63, 3.8) is 0 Å². The second-order valence-electron chi connectivity index (χ2n) is 6.85. The number of hydrogen-bond donors (Lipinski definition) is 2. The van der Waals surface area contributed by atoms with E-state index >= 15 is 0 Å². The molecule has 1 saturated heterocycles. The summed E-state index contributed by atoms with van der Waals surface area (Å²) < 4.78 is 26.5. The lowest BCUT2D eigenvalue weighted by Crippen LogP contribution is -2.29. The number of halogens is 1. The van der Waals surface area contributed by atoms with Gasteiger partial charge < -0.3 is 10.6 Å². The van der Waals surface area contributed by atoms with Crippen molar-refractivity contribution in [2.24, 2.45) is 0 Å². The number of aryl methyl sites for hydroxylation is 1. The Labute approximate surface area is 167 Å². The maximum Gasteiger partial charge on any atom is 0.243 e. The Kier molecular flexibility index (Phi) is 8.28. The summed E-state index contributed by atoms with van der Waals surface area (Å²) in [6.07, 6.45) is 5.98. The third-order valence-electron chi connectivity index (χ3n) is 4.94. The van der Waals surface area contributed by atoms with E-state index < -0.39 is 10.0 Å². The van der Waals surface area contributed by atoms with E-state index in [9.17, 15) is 13.2 Å². The van der Waals surface area contributed by atoms with Crippen molar-refractivity contribution in [1.29, 1.82) is 0 Å². The Morgan fingerprint density at radius 3 is 2.48 bits per heavy atom. The summed E-state index contributed by atoms with van der Waals surface area (Å²) in [7, 11) is -3.37. The molecule has 0 atom stereocenters. The third kappa shape index (κ3) is 6.04. The molecule has 2 heterocycles. The highest BCUT2D eigenvalue weighted by atomic mass is 35.5. The molecule has 0 unspecified atom stereocenters. The smallest absolute Gasteiger partial charge is 0.243 e. The Balaban J connectivity index is 0.00000261. The Morgan fingerprint density at radius 1 is 1.15 bits per heavy atom. The average Bonchev–Trinajstić information content (AvgIpc) is 3.21. The average molecular weight is 414 g/mol. The number of sulfonamides is 1. The van der Waals surface area contributed by atoms with Crippen molar-refractivity contribution in [2.45, 2.75) is 37.0 Å². The number of rotatable bonds is 7. The lowest BCUT2D eigenvalue weighted by atomic mass is 10.1. The Hall–Kier alpha value is -1.41. The predicted molar refractivity (Wildman–Crippen MR) is 109 cm³/mol. The van der Waals surface area contributed by atoms with Gasteiger partial charge in [0, 0.05) is 32.6 Å². The van der Waals surface area contributed by atoms with Gasteiger partial charge in [0.1, 0.15) is 0 Å². The lowest BCUT2D eigenvalue weighted by molar-refractivity contribution is -0.120. The first-order valence-electron chi connectivity index (χ1n) is 9.30. The van der Waals surface area contributed by atoms with Gasteiger partial charge in [0.15, 0.2) is 0 Å². The number of nitrogens with zero attached hydrogens (tertiary/aromatic N) is 1. The van der Waals surface area contributed by atoms with Crippen LogP contribution in [0.1, 0.15) is 31.2 Å². The van der Waals surface area contributed by atoms with E-state index in [0.29, 0.717) is 37.4 Å². The summed E-state index contributed by atoms with van der Waals surface area (Å²) in [5.41, 5.74) is 2.25. The fourth-order valence-electron chi connectivity index (χ4n) is 3.29. The highest BCUT2D eigenvalue weighted by molar-refractivity contribution is 7.89. The van der Waals surface area contributed by atoms with Crippen LogP contribution in [0.2, 0.25) is 0 Å². The van der Waals surface area contributed by atoms with Crippen LogP contribution < -0.4 is 10.6 Å². The minimum Gasteiger partial charge on any atom is -0.352 e. The summed E-state index contributed by atoms with van der Waals surface area (Å²) in [5.74, 6) is 0.0261. The van der Waals surface area contributed by atoms with Gasteiger partial charge in [-0.05, 0) is 49.9 Å². The summed E-state index contributed by atoms with van der Waals surface area (Å²) in [6, 6.07) is 6.93. The summed E-state index contributed by atoms with van der Waals surface area (Å²) in [4.78, 5) is 12.3. The maximum atomic E-state index is 12.5. The fourth-order valence-corrected chi connectivity index (χ4v) is 4.81. The van der Waals surface area contributed by atoms with Crippen molar-refractivity contribution in [3.8, 4) is 0 Å². The van der Waals surface area contributed by atoms with Crippen LogP contribution in [0, 0.1) is 0 Å². The van der Waals surface area contributed by atoms with Gasteiger partial charge in [0.2, 0.25) is 15.9 Å². The van der Waals surface area contributed by atoms with Crippen LogP contribution in [-0.4, -0.2) is 51.4 Å². The van der Waals surface area contributed by atoms with Crippen LogP contribution in [0.4, 0.5) is 0 Å². The molecular weight excluding hydrogens is 386 g/mol. The van der Waals surface area contributed by atoms with Crippen molar-refractivity contribution < 1.29 is 13.2 Å². The molecule has 1 aromatic rings. The molecule has 150 valence electrons. The van der Waals surface area contributed by atoms with Gasteiger partial charge in [-0.15, -0.1) is 12.4 Å². The van der Waals surface area contributed by atoms with E-state index in [2.05, 4.69) is 16.7 Å². The minimum absolute atomic E-state index is 0. The standard InChI is InChI=1S/C19H27N3O3S.ClH/c23-19(21-15-17-9-11-20-12-10-17)8-5-16-3-6-18(7-4-16)26(24,25)22-13-1-2-14-22;/h3-4,6-7,9,20H,1-2,5,8,10-15H2,(H,21,23);1H. The SMILES string of the molecule is Cl.O=C(CCc1ccc(S(=O)(=O)N2CCCC2)cc1)NCC1=CCNCC1. The molecule has 0 aliphatic carbocycles. The van der Waals surface area contributed by atoms with Crippen LogP contribution in [0.5, 0.6) is 0 Å². The van der Waals surface area contributed by atoms with Crippen LogP contribution >= 0.6 is 12.4 Å². The summed E-state index contributed by atoms with van der Waals surface area (Å²) >= 11 is 0. The van der Waals surface area contributed by atoms with Gasteiger partial charge in [-0.2, -0.15) is 4.31 Å². The lowest BCUT2D eigenvalue weighted by Gasteiger charge is -2.16. The fraction of sp³-hybridized carbons (Fsp3) is 0.526. The number of amides is 1. The van der Waals surface area contributed by atoms with Crippen LogP contribution in [0.25, 0.3) is 0 Å². The van der Waals surface area contributed by atoms with Crippen molar-refractivity contribution >= 4 is 28.3 Å². The Bertz CT molecular complexity index is 757. The Morgan fingerprint density at radius 2 is 1.85 bits per heavy atom. The largest absolute Gasteiger partial charge is 0.352 e. The first-order chi connectivity index (χ1) is 12.6. The van der Waals surface area contributed by atoms with E-state index in [1.54, 1.807) is 16.4 Å². The zero-order chi connectivity index (χ0) is 18.4. The summed E-state index contributed by atoms with van der Waals surface area (Å²) in [5, 5.41) is 6.20. The summed E-state index contributed by atoms with van der Waals surface area (Å²) in [6.45, 7) is 3.67. The zero-order valence-electron chi connectivity index (χ0n) is 15.4. The van der Waals surface area contributed by atoms with E-state index in [1.165, 1.54) is 5.57 Å². The molecule has 0 bridgehead atoms. The first kappa shape index (κ1) is 21.9. The molecule has 1 fully saturated rings. The number of carbonyl (C=O) groups excluding carboxylic acids is 1. The minimum atomic E-state index is -3.37.